The third-order valence-electron chi connectivity index (χ3n) is 7.13. The zero-order valence-electron chi connectivity index (χ0n) is 22.6. The van der Waals surface area contributed by atoms with Crippen molar-refractivity contribution < 1.29 is 18.7 Å². The van der Waals surface area contributed by atoms with E-state index in [1.807, 2.05) is 44.9 Å². The van der Waals surface area contributed by atoms with Gasteiger partial charge in [-0.15, -0.1) is 0 Å². The summed E-state index contributed by atoms with van der Waals surface area (Å²) in [6, 6.07) is 14.2. The Morgan fingerprint density at radius 1 is 0.946 bits per heavy atom. The standard InChI is InChI=1S/C29H39FN4O3/c1-29(2,3)37-28(36)33-16-14-24(15-17-33)34-26(21-10-12-23(30)13-11-21)25-9-7-6-8-22(25)20-31(4)18-19-32(5)27(34)35/h6-13,24,26H,14-20H2,1-5H3. The number of likely N-dealkylation sites (N-methyl/N-ethyl adjacent to an activating group) is 2. The number of halogens is 1. The number of urea groups is 1. The molecule has 2 aliphatic heterocycles. The summed E-state index contributed by atoms with van der Waals surface area (Å²) in [5, 5.41) is 0. The molecule has 0 aromatic heterocycles. The Kier molecular flexibility index (Phi) is 8.07. The van der Waals surface area contributed by atoms with Crippen LogP contribution in [-0.2, 0) is 11.3 Å². The van der Waals surface area contributed by atoms with Crippen LogP contribution in [0, 0.1) is 5.82 Å². The van der Waals surface area contributed by atoms with E-state index in [2.05, 4.69) is 24.1 Å². The van der Waals surface area contributed by atoms with Crippen LogP contribution in [0.25, 0.3) is 0 Å². The van der Waals surface area contributed by atoms with E-state index in [4.69, 9.17) is 4.74 Å². The van der Waals surface area contributed by atoms with Crippen LogP contribution in [0.2, 0.25) is 0 Å². The second-order valence-electron chi connectivity index (χ2n) is 11.2. The Morgan fingerprint density at radius 3 is 2.24 bits per heavy atom. The Labute approximate surface area is 219 Å². The molecule has 8 heteroatoms. The van der Waals surface area contributed by atoms with E-state index < -0.39 is 5.60 Å². The second-order valence-corrected chi connectivity index (χ2v) is 11.2. The van der Waals surface area contributed by atoms with Gasteiger partial charge in [0.15, 0.2) is 0 Å². The zero-order valence-corrected chi connectivity index (χ0v) is 22.6. The van der Waals surface area contributed by atoms with Crippen molar-refractivity contribution in [1.82, 2.24) is 19.6 Å². The number of piperidine rings is 1. The molecule has 0 saturated carbocycles. The van der Waals surface area contributed by atoms with Gasteiger partial charge in [0.1, 0.15) is 11.4 Å². The first-order valence-electron chi connectivity index (χ1n) is 13.1. The predicted molar refractivity (Wildman–Crippen MR) is 142 cm³/mol. The van der Waals surface area contributed by atoms with Crippen molar-refractivity contribution in [2.75, 3.05) is 40.3 Å². The van der Waals surface area contributed by atoms with Crippen LogP contribution >= 0.6 is 0 Å². The minimum atomic E-state index is -0.559. The van der Waals surface area contributed by atoms with Gasteiger partial charge in [0.2, 0.25) is 0 Å². The summed E-state index contributed by atoms with van der Waals surface area (Å²) in [6.45, 7) is 8.70. The Morgan fingerprint density at radius 2 is 1.59 bits per heavy atom. The number of rotatable bonds is 2. The number of carbonyl (C=O) groups excluding carboxylic acids is 2. The van der Waals surface area contributed by atoms with Gasteiger partial charge in [0, 0.05) is 45.8 Å². The van der Waals surface area contributed by atoms with Crippen LogP contribution in [0.4, 0.5) is 14.0 Å². The molecular weight excluding hydrogens is 471 g/mol. The predicted octanol–water partition coefficient (Wildman–Crippen LogP) is 5.11. The van der Waals surface area contributed by atoms with E-state index in [0.717, 1.165) is 29.8 Å². The van der Waals surface area contributed by atoms with Gasteiger partial charge in [-0.1, -0.05) is 36.4 Å². The first kappa shape index (κ1) is 26.9. The Bertz CT molecular complexity index is 1090. The molecule has 0 bridgehead atoms. The van der Waals surface area contributed by atoms with Crippen LogP contribution in [0.3, 0.4) is 0 Å². The third kappa shape index (κ3) is 6.42. The number of fused-ring (bicyclic) bond motifs is 1. The Balaban J connectivity index is 1.73. The molecule has 2 heterocycles. The van der Waals surface area contributed by atoms with E-state index in [1.165, 1.54) is 12.1 Å². The molecule has 37 heavy (non-hydrogen) atoms. The molecule has 1 fully saturated rings. The fraction of sp³-hybridized carbons (Fsp3) is 0.517. The van der Waals surface area contributed by atoms with E-state index in [0.29, 0.717) is 32.5 Å². The number of likely N-dealkylation sites (tertiary alicyclic amines) is 1. The SMILES string of the molecule is CN1CCN(C)C(=O)N(C2CCN(C(=O)OC(C)(C)C)CC2)C(c2ccc(F)cc2)c2ccccc2C1. The van der Waals surface area contributed by atoms with Crippen molar-refractivity contribution in [1.29, 1.82) is 0 Å². The number of amides is 3. The second kappa shape index (κ2) is 11.1. The van der Waals surface area contributed by atoms with Gasteiger partial charge in [-0.3, -0.25) is 0 Å². The number of benzene rings is 2. The highest BCUT2D eigenvalue weighted by atomic mass is 19.1. The summed E-state index contributed by atoms with van der Waals surface area (Å²) in [6.07, 6.45) is 0.954. The minimum Gasteiger partial charge on any atom is -0.444 e. The number of nitrogens with zero attached hydrogens (tertiary/aromatic N) is 4. The molecule has 2 aliphatic rings. The van der Waals surface area contributed by atoms with Crippen molar-refractivity contribution in [3.63, 3.8) is 0 Å². The van der Waals surface area contributed by atoms with Crippen molar-refractivity contribution in [2.24, 2.45) is 0 Å². The maximum absolute atomic E-state index is 14.1. The van der Waals surface area contributed by atoms with E-state index >= 15 is 0 Å². The van der Waals surface area contributed by atoms with Gasteiger partial charge >= 0.3 is 12.1 Å². The number of hydrogen-bond donors (Lipinski definition) is 0. The molecule has 0 N–H and O–H groups in total. The highest BCUT2D eigenvalue weighted by molar-refractivity contribution is 5.76. The van der Waals surface area contributed by atoms with E-state index in [-0.39, 0.29) is 30.0 Å². The molecule has 1 atom stereocenters. The van der Waals surface area contributed by atoms with Gasteiger partial charge in [0.05, 0.1) is 6.04 Å². The lowest BCUT2D eigenvalue weighted by Crippen LogP contribution is -2.54. The maximum atomic E-state index is 14.1. The van der Waals surface area contributed by atoms with Crippen LogP contribution in [0.5, 0.6) is 0 Å². The molecule has 4 rings (SSSR count). The fourth-order valence-corrected chi connectivity index (χ4v) is 5.19. The van der Waals surface area contributed by atoms with Crippen LogP contribution in [-0.4, -0.2) is 83.6 Å². The molecule has 200 valence electrons. The largest absolute Gasteiger partial charge is 0.444 e. The molecule has 7 nitrogen and oxygen atoms in total. The average Bonchev–Trinajstić information content (AvgIpc) is 2.85. The topological polar surface area (TPSA) is 56.3 Å². The third-order valence-corrected chi connectivity index (χ3v) is 7.13. The summed E-state index contributed by atoms with van der Waals surface area (Å²) in [5.74, 6) is -0.308. The highest BCUT2D eigenvalue weighted by Crippen LogP contribution is 2.37. The maximum Gasteiger partial charge on any atom is 0.410 e. The van der Waals surface area contributed by atoms with Gasteiger partial charge in [-0.05, 0) is 69.5 Å². The lowest BCUT2D eigenvalue weighted by Gasteiger charge is -2.45. The van der Waals surface area contributed by atoms with Gasteiger partial charge < -0.3 is 24.3 Å². The summed E-state index contributed by atoms with van der Waals surface area (Å²) in [7, 11) is 3.90. The van der Waals surface area contributed by atoms with Crippen LogP contribution < -0.4 is 0 Å². The van der Waals surface area contributed by atoms with E-state index in [1.54, 1.807) is 21.9 Å². The molecule has 2 aromatic carbocycles. The lowest BCUT2D eigenvalue weighted by atomic mass is 9.90. The zero-order chi connectivity index (χ0) is 26.7. The summed E-state index contributed by atoms with van der Waals surface area (Å²) < 4.78 is 19.5. The van der Waals surface area contributed by atoms with Crippen molar-refractivity contribution in [3.8, 4) is 0 Å². The quantitative estimate of drug-likeness (QED) is 0.563. The van der Waals surface area contributed by atoms with E-state index in [9.17, 15) is 14.0 Å². The number of carbonyl (C=O) groups is 2. The molecule has 3 amide bonds. The van der Waals surface area contributed by atoms with Crippen LogP contribution in [0.15, 0.2) is 48.5 Å². The summed E-state index contributed by atoms with van der Waals surface area (Å²) in [5.41, 5.74) is 2.50. The molecule has 0 aliphatic carbocycles. The highest BCUT2D eigenvalue weighted by Gasteiger charge is 2.39. The molecule has 0 spiro atoms. The monoisotopic (exact) mass is 510 g/mol. The van der Waals surface area contributed by atoms with Crippen molar-refractivity contribution in [2.45, 2.75) is 57.8 Å². The molecular formula is C29H39FN4O3. The molecule has 1 unspecified atom stereocenters. The minimum absolute atomic E-state index is 0.0600. The van der Waals surface area contributed by atoms with Gasteiger partial charge in [-0.2, -0.15) is 0 Å². The molecule has 1 saturated heterocycles. The van der Waals surface area contributed by atoms with Crippen LogP contribution in [0.1, 0.15) is 56.3 Å². The fourth-order valence-electron chi connectivity index (χ4n) is 5.19. The lowest BCUT2D eigenvalue weighted by molar-refractivity contribution is 0.0141. The Hall–Kier alpha value is -3.13. The van der Waals surface area contributed by atoms with Crippen molar-refractivity contribution in [3.05, 3.63) is 71.0 Å². The average molecular weight is 511 g/mol. The number of ether oxygens (including phenoxy) is 1. The summed E-state index contributed by atoms with van der Waals surface area (Å²) in [4.78, 5) is 34.5. The number of hydrogen-bond acceptors (Lipinski definition) is 4. The molecule has 0 radical (unpaired) electrons. The first-order chi connectivity index (χ1) is 17.5. The smallest absolute Gasteiger partial charge is 0.410 e. The van der Waals surface area contributed by atoms with Gasteiger partial charge in [0.25, 0.3) is 0 Å². The normalized spacial score (nSPS) is 20.5. The summed E-state index contributed by atoms with van der Waals surface area (Å²) >= 11 is 0. The van der Waals surface area contributed by atoms with Crippen molar-refractivity contribution >= 4 is 12.1 Å². The van der Waals surface area contributed by atoms with Gasteiger partial charge in [-0.25, -0.2) is 14.0 Å². The molecule has 2 aromatic rings. The first-order valence-corrected chi connectivity index (χ1v) is 13.1.